The number of carbonyl (C=O) groups is 1. The molecule has 6 nitrogen and oxygen atoms in total. The molecule has 2 atom stereocenters. The number of nitrogens with zero attached hydrogens (tertiary/aromatic N) is 2. The number of benzene rings is 1. The number of aryl methyl sites for hydroxylation is 1. The Labute approximate surface area is 188 Å². The van der Waals surface area contributed by atoms with Gasteiger partial charge >= 0.3 is 0 Å². The highest BCUT2D eigenvalue weighted by Gasteiger charge is 2.31. The molecule has 0 aliphatic carbocycles. The maximum absolute atomic E-state index is 12.8. The van der Waals surface area contributed by atoms with Crippen molar-refractivity contribution < 1.29 is 13.2 Å². The van der Waals surface area contributed by atoms with E-state index >= 15 is 0 Å². The molecule has 0 unspecified atom stereocenters. The molecule has 174 valence electrons. The molecule has 1 N–H and O–H groups in total. The number of hydrogen-bond donors (Lipinski definition) is 1. The molecule has 31 heavy (non-hydrogen) atoms. The van der Waals surface area contributed by atoms with E-state index in [1.807, 2.05) is 31.2 Å². The predicted molar refractivity (Wildman–Crippen MR) is 125 cm³/mol. The average molecular weight is 450 g/mol. The summed E-state index contributed by atoms with van der Waals surface area (Å²) in [7, 11) is -3.35. The zero-order valence-corrected chi connectivity index (χ0v) is 20.2. The number of rotatable bonds is 8. The SMILES string of the molecule is Cc1cccc(CS(=O)(=O)N2CCC(C(=O)NCCCN3C[C@H](C)C[C@@H](C)C3)CC2)c1. The summed E-state index contributed by atoms with van der Waals surface area (Å²) < 4.78 is 27.1. The van der Waals surface area contributed by atoms with Crippen molar-refractivity contribution in [2.75, 3.05) is 39.3 Å². The first-order valence-electron chi connectivity index (χ1n) is 11.8. The zero-order chi connectivity index (χ0) is 22.4. The summed E-state index contributed by atoms with van der Waals surface area (Å²) in [4.78, 5) is 15.1. The summed E-state index contributed by atoms with van der Waals surface area (Å²) in [5.74, 6) is 1.53. The summed E-state index contributed by atoms with van der Waals surface area (Å²) in [5, 5.41) is 3.08. The third-order valence-electron chi connectivity index (χ3n) is 6.54. The fourth-order valence-electron chi connectivity index (χ4n) is 5.13. The minimum atomic E-state index is -3.35. The van der Waals surface area contributed by atoms with Gasteiger partial charge in [0.2, 0.25) is 15.9 Å². The highest BCUT2D eigenvalue weighted by atomic mass is 32.2. The van der Waals surface area contributed by atoms with Gasteiger partial charge < -0.3 is 10.2 Å². The third kappa shape index (κ3) is 7.29. The van der Waals surface area contributed by atoms with Gasteiger partial charge in [-0.15, -0.1) is 0 Å². The van der Waals surface area contributed by atoms with Gasteiger partial charge in [0.1, 0.15) is 0 Å². The Morgan fingerprint density at radius 1 is 1.13 bits per heavy atom. The van der Waals surface area contributed by atoms with E-state index in [1.54, 1.807) is 4.31 Å². The minimum Gasteiger partial charge on any atom is -0.356 e. The third-order valence-corrected chi connectivity index (χ3v) is 8.39. The van der Waals surface area contributed by atoms with E-state index in [4.69, 9.17) is 0 Å². The number of amides is 1. The molecule has 2 aliphatic rings. The first-order valence-corrected chi connectivity index (χ1v) is 13.4. The lowest BCUT2D eigenvalue weighted by atomic mass is 9.92. The van der Waals surface area contributed by atoms with Crippen molar-refractivity contribution >= 4 is 15.9 Å². The van der Waals surface area contributed by atoms with Crippen molar-refractivity contribution in [3.8, 4) is 0 Å². The van der Waals surface area contributed by atoms with Crippen molar-refractivity contribution in [3.05, 3.63) is 35.4 Å². The van der Waals surface area contributed by atoms with Crippen LogP contribution in [0.15, 0.2) is 24.3 Å². The Hall–Kier alpha value is -1.44. The van der Waals surface area contributed by atoms with Crippen LogP contribution in [0.2, 0.25) is 0 Å². The van der Waals surface area contributed by atoms with E-state index in [1.165, 1.54) is 6.42 Å². The molecule has 2 fully saturated rings. The normalized spacial score (nSPS) is 24.2. The van der Waals surface area contributed by atoms with Gasteiger partial charge in [0.15, 0.2) is 0 Å². The van der Waals surface area contributed by atoms with E-state index < -0.39 is 10.0 Å². The van der Waals surface area contributed by atoms with E-state index in [0.717, 1.165) is 49.0 Å². The van der Waals surface area contributed by atoms with Crippen LogP contribution >= 0.6 is 0 Å². The molecule has 1 aromatic carbocycles. The minimum absolute atomic E-state index is 0.0271. The molecule has 2 heterocycles. The van der Waals surface area contributed by atoms with Crippen LogP contribution in [0.25, 0.3) is 0 Å². The van der Waals surface area contributed by atoms with Gasteiger partial charge in [-0.3, -0.25) is 4.79 Å². The Balaban J connectivity index is 1.37. The maximum atomic E-state index is 12.8. The van der Waals surface area contributed by atoms with Crippen LogP contribution in [0, 0.1) is 24.7 Å². The van der Waals surface area contributed by atoms with Crippen LogP contribution in [0.5, 0.6) is 0 Å². The van der Waals surface area contributed by atoms with Crippen molar-refractivity contribution in [1.82, 2.24) is 14.5 Å². The molecule has 2 saturated heterocycles. The van der Waals surface area contributed by atoms with Crippen LogP contribution in [0.4, 0.5) is 0 Å². The second-order valence-corrected chi connectivity index (χ2v) is 11.7. The Kier molecular flexibility index (Phi) is 8.53. The summed E-state index contributed by atoms with van der Waals surface area (Å²) in [5.41, 5.74) is 1.88. The van der Waals surface area contributed by atoms with E-state index in [2.05, 4.69) is 24.1 Å². The largest absolute Gasteiger partial charge is 0.356 e. The van der Waals surface area contributed by atoms with Crippen LogP contribution in [0.1, 0.15) is 50.7 Å². The lowest BCUT2D eigenvalue weighted by molar-refractivity contribution is -0.126. The van der Waals surface area contributed by atoms with Gasteiger partial charge in [0.05, 0.1) is 5.75 Å². The van der Waals surface area contributed by atoms with Gasteiger partial charge in [-0.25, -0.2) is 12.7 Å². The van der Waals surface area contributed by atoms with Crippen molar-refractivity contribution in [2.24, 2.45) is 17.8 Å². The quantitative estimate of drug-likeness (QED) is 0.620. The monoisotopic (exact) mass is 449 g/mol. The Bertz CT molecular complexity index is 824. The van der Waals surface area contributed by atoms with Crippen LogP contribution < -0.4 is 5.32 Å². The number of hydrogen-bond acceptors (Lipinski definition) is 4. The number of likely N-dealkylation sites (tertiary alicyclic amines) is 1. The van der Waals surface area contributed by atoms with E-state index in [0.29, 0.717) is 32.5 Å². The van der Waals surface area contributed by atoms with Crippen LogP contribution in [-0.4, -0.2) is 62.8 Å². The molecule has 0 bridgehead atoms. The highest BCUT2D eigenvalue weighted by Crippen LogP contribution is 2.23. The number of carbonyl (C=O) groups excluding carboxylic acids is 1. The van der Waals surface area contributed by atoms with Crippen molar-refractivity contribution in [2.45, 2.75) is 52.2 Å². The lowest BCUT2D eigenvalue weighted by Crippen LogP contribution is -2.44. The van der Waals surface area contributed by atoms with Gasteiger partial charge in [-0.05, 0) is 56.6 Å². The second-order valence-electron chi connectivity index (χ2n) is 9.77. The van der Waals surface area contributed by atoms with E-state index in [9.17, 15) is 13.2 Å². The van der Waals surface area contributed by atoms with Gasteiger partial charge in [-0.1, -0.05) is 43.7 Å². The van der Waals surface area contributed by atoms with Crippen LogP contribution in [0.3, 0.4) is 0 Å². The highest BCUT2D eigenvalue weighted by molar-refractivity contribution is 7.88. The molecule has 3 rings (SSSR count). The zero-order valence-electron chi connectivity index (χ0n) is 19.3. The Morgan fingerprint density at radius 3 is 2.45 bits per heavy atom. The number of sulfonamides is 1. The number of piperidine rings is 2. The van der Waals surface area contributed by atoms with Crippen LogP contribution in [-0.2, 0) is 20.6 Å². The van der Waals surface area contributed by atoms with E-state index in [-0.39, 0.29) is 17.6 Å². The predicted octanol–water partition coefficient (Wildman–Crippen LogP) is 3.02. The molecule has 0 spiro atoms. The van der Waals surface area contributed by atoms with Gasteiger partial charge in [0, 0.05) is 38.6 Å². The molecular formula is C24H39N3O3S. The lowest BCUT2D eigenvalue weighted by Gasteiger charge is -2.35. The van der Waals surface area contributed by atoms with Gasteiger partial charge in [-0.2, -0.15) is 0 Å². The maximum Gasteiger partial charge on any atom is 0.223 e. The average Bonchev–Trinajstić information content (AvgIpc) is 2.70. The molecule has 1 amide bonds. The number of nitrogens with one attached hydrogen (secondary N) is 1. The second kappa shape index (κ2) is 10.9. The first-order chi connectivity index (χ1) is 14.7. The molecular weight excluding hydrogens is 410 g/mol. The topological polar surface area (TPSA) is 69.7 Å². The smallest absolute Gasteiger partial charge is 0.223 e. The van der Waals surface area contributed by atoms with Crippen molar-refractivity contribution in [1.29, 1.82) is 0 Å². The summed E-state index contributed by atoms with van der Waals surface area (Å²) >= 11 is 0. The summed E-state index contributed by atoms with van der Waals surface area (Å²) in [6.07, 6.45) is 3.47. The van der Waals surface area contributed by atoms with Gasteiger partial charge in [0.25, 0.3) is 0 Å². The summed E-state index contributed by atoms with van der Waals surface area (Å²) in [6, 6.07) is 7.63. The summed E-state index contributed by atoms with van der Waals surface area (Å²) in [6.45, 7) is 11.5. The fraction of sp³-hybridized carbons (Fsp3) is 0.708. The molecule has 1 aromatic rings. The fourth-order valence-corrected chi connectivity index (χ4v) is 6.68. The molecule has 0 aromatic heterocycles. The molecule has 7 heteroatoms. The van der Waals surface area contributed by atoms with Crippen molar-refractivity contribution in [3.63, 3.8) is 0 Å². The molecule has 2 aliphatic heterocycles. The molecule has 0 saturated carbocycles. The first kappa shape index (κ1) is 24.2. The molecule has 0 radical (unpaired) electrons. The Morgan fingerprint density at radius 2 is 1.81 bits per heavy atom. The standard InChI is InChI=1S/C24H39N3O3S/c1-19-6-4-7-22(15-19)18-31(29,30)27-12-8-23(9-13-27)24(28)25-10-5-11-26-16-20(2)14-21(3)17-26/h4,6-7,15,20-21,23H,5,8-14,16-18H2,1-3H3,(H,25,28)/t20-,21-/m1/s1.